The van der Waals surface area contributed by atoms with Gasteiger partial charge in [0.25, 0.3) is 5.91 Å². The van der Waals surface area contributed by atoms with Crippen molar-refractivity contribution in [2.75, 3.05) is 18.5 Å². The van der Waals surface area contributed by atoms with Gasteiger partial charge in [0.15, 0.2) is 0 Å². The quantitative estimate of drug-likeness (QED) is 0.815. The summed E-state index contributed by atoms with van der Waals surface area (Å²) < 4.78 is 11.0. The topological polar surface area (TPSA) is 84.2 Å². The first kappa shape index (κ1) is 18.4. The number of benzene rings is 1. The van der Waals surface area contributed by atoms with Crippen LogP contribution in [0.2, 0.25) is 0 Å². The molecule has 1 aromatic carbocycles. The summed E-state index contributed by atoms with van der Waals surface area (Å²) in [6, 6.07) is 12.1. The highest BCUT2D eigenvalue weighted by molar-refractivity contribution is 6.04. The predicted molar refractivity (Wildman–Crippen MR) is 94.5 cm³/mol. The lowest BCUT2D eigenvalue weighted by atomic mass is 10.2. The molecule has 2 aromatic rings. The lowest BCUT2D eigenvalue weighted by Gasteiger charge is -2.19. The van der Waals surface area contributed by atoms with Crippen LogP contribution in [0.4, 0.5) is 5.69 Å². The fourth-order valence-electron chi connectivity index (χ4n) is 1.98. The number of hydrogen-bond donors (Lipinski definition) is 1. The maximum absolute atomic E-state index is 12.2. The van der Waals surface area contributed by atoms with Crippen LogP contribution < -0.4 is 10.1 Å². The monoisotopic (exact) mass is 339 g/mol. The number of aromatic nitrogens is 1. The number of carbonyl (C=O) groups excluding carboxylic acids is 1. The van der Waals surface area contributed by atoms with E-state index in [1.165, 1.54) is 6.20 Å². The van der Waals surface area contributed by atoms with Gasteiger partial charge in [0.05, 0.1) is 29.0 Å². The van der Waals surface area contributed by atoms with Crippen molar-refractivity contribution in [3.63, 3.8) is 0 Å². The van der Waals surface area contributed by atoms with E-state index in [1.54, 1.807) is 36.4 Å². The van der Waals surface area contributed by atoms with Crippen LogP contribution in [0.15, 0.2) is 42.6 Å². The van der Waals surface area contributed by atoms with Crippen molar-refractivity contribution in [3.8, 4) is 11.9 Å². The van der Waals surface area contributed by atoms with Crippen LogP contribution in [-0.2, 0) is 4.74 Å². The smallest absolute Gasteiger partial charge is 0.257 e. The molecule has 1 heterocycles. The molecular weight excluding hydrogens is 318 g/mol. The molecule has 0 aliphatic rings. The first-order valence-corrected chi connectivity index (χ1v) is 7.92. The van der Waals surface area contributed by atoms with E-state index in [0.717, 1.165) is 0 Å². The van der Waals surface area contributed by atoms with Gasteiger partial charge in [-0.2, -0.15) is 5.26 Å². The van der Waals surface area contributed by atoms with Crippen molar-refractivity contribution in [1.82, 2.24) is 4.98 Å². The van der Waals surface area contributed by atoms with Gasteiger partial charge in [-0.1, -0.05) is 12.1 Å². The van der Waals surface area contributed by atoms with Crippen molar-refractivity contribution < 1.29 is 14.3 Å². The van der Waals surface area contributed by atoms with E-state index in [2.05, 4.69) is 10.3 Å². The molecule has 130 valence electrons. The summed E-state index contributed by atoms with van der Waals surface area (Å²) in [7, 11) is 0. The van der Waals surface area contributed by atoms with Gasteiger partial charge in [0.2, 0.25) is 5.88 Å². The summed E-state index contributed by atoms with van der Waals surface area (Å²) in [5.41, 5.74) is 1.04. The maximum Gasteiger partial charge on any atom is 0.257 e. The van der Waals surface area contributed by atoms with Crippen LogP contribution >= 0.6 is 0 Å². The first-order chi connectivity index (χ1) is 11.9. The van der Waals surface area contributed by atoms with Crippen LogP contribution in [0.25, 0.3) is 0 Å². The average molecular weight is 339 g/mol. The van der Waals surface area contributed by atoms with Gasteiger partial charge in [-0.05, 0) is 39.0 Å². The number of amides is 1. The van der Waals surface area contributed by atoms with E-state index in [0.29, 0.717) is 35.9 Å². The van der Waals surface area contributed by atoms with Crippen molar-refractivity contribution in [1.29, 1.82) is 5.26 Å². The SMILES string of the molecule is CC(C)(C)OCCOc1ccc(C(=O)Nc2ccccc2C#N)cn1. The molecule has 0 atom stereocenters. The Morgan fingerprint density at radius 3 is 2.60 bits per heavy atom. The fraction of sp³-hybridized carbons (Fsp3) is 0.316. The van der Waals surface area contributed by atoms with Gasteiger partial charge in [-0.25, -0.2) is 4.98 Å². The maximum atomic E-state index is 12.2. The Morgan fingerprint density at radius 2 is 1.96 bits per heavy atom. The standard InChI is InChI=1S/C19H21N3O3/c1-19(2,3)25-11-10-24-17-9-8-15(13-21-17)18(23)22-16-7-5-4-6-14(16)12-20/h4-9,13H,10-11H2,1-3H3,(H,22,23). The molecule has 0 fully saturated rings. The van der Waals surface area contributed by atoms with Gasteiger partial charge in [0.1, 0.15) is 12.7 Å². The normalized spacial score (nSPS) is 10.8. The number of carbonyl (C=O) groups is 1. The number of nitriles is 1. The third-order valence-corrected chi connectivity index (χ3v) is 3.16. The second-order valence-electron chi connectivity index (χ2n) is 6.31. The fourth-order valence-corrected chi connectivity index (χ4v) is 1.98. The third kappa shape index (κ3) is 5.90. The molecule has 1 amide bonds. The van der Waals surface area contributed by atoms with E-state index in [1.807, 2.05) is 26.8 Å². The molecular formula is C19H21N3O3. The minimum Gasteiger partial charge on any atom is -0.475 e. The molecule has 0 saturated carbocycles. The highest BCUT2D eigenvalue weighted by Crippen LogP contribution is 2.16. The van der Waals surface area contributed by atoms with Crippen LogP contribution in [0, 0.1) is 11.3 Å². The highest BCUT2D eigenvalue weighted by atomic mass is 16.5. The summed E-state index contributed by atoms with van der Waals surface area (Å²) in [5.74, 6) is 0.0873. The minimum absolute atomic E-state index is 0.210. The number of anilines is 1. The zero-order chi connectivity index (χ0) is 18.3. The van der Waals surface area contributed by atoms with Crippen molar-refractivity contribution in [2.24, 2.45) is 0 Å². The van der Waals surface area contributed by atoms with E-state index in [4.69, 9.17) is 14.7 Å². The summed E-state index contributed by atoms with van der Waals surface area (Å²) >= 11 is 0. The molecule has 0 aliphatic heterocycles. The Kier molecular flexibility index (Phi) is 6.09. The number of rotatable bonds is 6. The molecule has 1 N–H and O–H groups in total. The molecule has 0 radical (unpaired) electrons. The number of nitrogens with zero attached hydrogens (tertiary/aromatic N) is 2. The predicted octanol–water partition coefficient (Wildman–Crippen LogP) is 3.40. The van der Waals surface area contributed by atoms with Gasteiger partial charge < -0.3 is 14.8 Å². The minimum atomic E-state index is -0.335. The molecule has 0 bridgehead atoms. The number of nitrogens with one attached hydrogen (secondary N) is 1. The largest absolute Gasteiger partial charge is 0.475 e. The van der Waals surface area contributed by atoms with E-state index >= 15 is 0 Å². The molecule has 25 heavy (non-hydrogen) atoms. The van der Waals surface area contributed by atoms with Gasteiger partial charge in [-0.3, -0.25) is 4.79 Å². The molecule has 0 saturated heterocycles. The van der Waals surface area contributed by atoms with Gasteiger partial charge >= 0.3 is 0 Å². The van der Waals surface area contributed by atoms with Crippen molar-refractivity contribution in [2.45, 2.75) is 26.4 Å². The van der Waals surface area contributed by atoms with Crippen LogP contribution in [0.5, 0.6) is 5.88 Å². The van der Waals surface area contributed by atoms with Crippen molar-refractivity contribution in [3.05, 3.63) is 53.7 Å². The molecule has 0 unspecified atom stereocenters. The Bertz CT molecular complexity index is 759. The molecule has 0 aliphatic carbocycles. The van der Waals surface area contributed by atoms with E-state index < -0.39 is 0 Å². The van der Waals surface area contributed by atoms with Crippen molar-refractivity contribution >= 4 is 11.6 Å². The summed E-state index contributed by atoms with van der Waals surface area (Å²) in [4.78, 5) is 16.4. The number of pyridine rings is 1. The van der Waals surface area contributed by atoms with E-state index in [-0.39, 0.29) is 11.5 Å². The van der Waals surface area contributed by atoms with Gasteiger partial charge in [0, 0.05) is 12.3 Å². The van der Waals surface area contributed by atoms with Crippen LogP contribution in [0.3, 0.4) is 0 Å². The molecule has 1 aromatic heterocycles. The van der Waals surface area contributed by atoms with E-state index in [9.17, 15) is 4.79 Å². The summed E-state index contributed by atoms with van der Waals surface area (Å²) in [5, 5.41) is 11.8. The molecule has 2 rings (SSSR count). The first-order valence-electron chi connectivity index (χ1n) is 7.92. The second-order valence-corrected chi connectivity index (χ2v) is 6.31. The molecule has 6 nitrogen and oxygen atoms in total. The summed E-state index contributed by atoms with van der Waals surface area (Å²) in [6.45, 7) is 6.76. The van der Waals surface area contributed by atoms with Crippen LogP contribution in [-0.4, -0.2) is 29.7 Å². The lowest BCUT2D eigenvalue weighted by molar-refractivity contribution is -0.0168. The Morgan fingerprint density at radius 1 is 1.20 bits per heavy atom. The Labute approximate surface area is 147 Å². The molecule has 0 spiro atoms. The Hall–Kier alpha value is -2.91. The Balaban J connectivity index is 1.91. The van der Waals surface area contributed by atoms with Crippen LogP contribution in [0.1, 0.15) is 36.7 Å². The van der Waals surface area contributed by atoms with Gasteiger partial charge in [-0.15, -0.1) is 0 Å². The summed E-state index contributed by atoms with van der Waals surface area (Å²) in [6.07, 6.45) is 1.43. The highest BCUT2D eigenvalue weighted by Gasteiger charge is 2.11. The second kappa shape index (κ2) is 8.27. The zero-order valence-corrected chi connectivity index (χ0v) is 14.6. The number of para-hydroxylation sites is 1. The average Bonchev–Trinajstić information content (AvgIpc) is 2.59. The zero-order valence-electron chi connectivity index (χ0n) is 14.6. The third-order valence-electron chi connectivity index (χ3n) is 3.16. The molecule has 6 heteroatoms. The number of hydrogen-bond acceptors (Lipinski definition) is 5. The lowest BCUT2D eigenvalue weighted by Crippen LogP contribution is -2.22. The number of ether oxygens (including phenoxy) is 2.